The first-order valence-electron chi connectivity index (χ1n) is 10.2. The van der Waals surface area contributed by atoms with E-state index in [-0.39, 0.29) is 5.69 Å². The van der Waals surface area contributed by atoms with Gasteiger partial charge in [0.15, 0.2) is 0 Å². The number of aromatic nitrogens is 5. The molecule has 0 spiro atoms. The van der Waals surface area contributed by atoms with Crippen LogP contribution in [0.25, 0.3) is 38.8 Å². The van der Waals surface area contributed by atoms with Crippen LogP contribution in [0.15, 0.2) is 59.7 Å². The topological polar surface area (TPSA) is 86.9 Å². The first-order chi connectivity index (χ1) is 15.5. The number of nitrogens with zero attached hydrogens (tertiary/aromatic N) is 5. The molecule has 0 amide bonds. The van der Waals surface area contributed by atoms with Crippen LogP contribution in [0.2, 0.25) is 0 Å². The van der Waals surface area contributed by atoms with Gasteiger partial charge in [0, 0.05) is 37.3 Å². The van der Waals surface area contributed by atoms with Crippen molar-refractivity contribution in [1.82, 2.24) is 24.1 Å². The van der Waals surface area contributed by atoms with Crippen molar-refractivity contribution in [3.63, 3.8) is 0 Å². The molecule has 1 aromatic carbocycles. The maximum atomic E-state index is 13.3. The van der Waals surface area contributed by atoms with Gasteiger partial charge in [0.2, 0.25) is 5.88 Å². The highest BCUT2D eigenvalue weighted by molar-refractivity contribution is 6.04. The van der Waals surface area contributed by atoms with Crippen LogP contribution >= 0.6 is 0 Å². The highest BCUT2D eigenvalue weighted by Gasteiger charge is 2.18. The summed E-state index contributed by atoms with van der Waals surface area (Å²) in [6.45, 7) is 1.87. The van der Waals surface area contributed by atoms with Crippen LogP contribution in [0.5, 0.6) is 5.88 Å². The van der Waals surface area contributed by atoms with E-state index in [1.807, 2.05) is 50.5 Å². The molecule has 0 fully saturated rings. The predicted molar refractivity (Wildman–Crippen MR) is 126 cm³/mol. The van der Waals surface area contributed by atoms with Gasteiger partial charge in [-0.2, -0.15) is 0 Å². The maximum Gasteiger partial charge on any atom is 0.333 e. The predicted octanol–water partition coefficient (Wildman–Crippen LogP) is 3.69. The Bertz CT molecular complexity index is 1530. The van der Waals surface area contributed by atoms with E-state index in [2.05, 4.69) is 26.3 Å². The van der Waals surface area contributed by atoms with E-state index in [9.17, 15) is 4.79 Å². The minimum atomic E-state index is -0.158. The third kappa shape index (κ3) is 2.99. The summed E-state index contributed by atoms with van der Waals surface area (Å²) in [5.74, 6) is 1.31. The van der Waals surface area contributed by atoms with Gasteiger partial charge in [-0.05, 0) is 42.8 Å². The van der Waals surface area contributed by atoms with Crippen molar-refractivity contribution in [3.8, 4) is 22.7 Å². The second-order valence-corrected chi connectivity index (χ2v) is 7.54. The van der Waals surface area contributed by atoms with E-state index in [1.165, 1.54) is 0 Å². The summed E-state index contributed by atoms with van der Waals surface area (Å²) >= 11 is 0. The largest absolute Gasteiger partial charge is 0.481 e. The lowest BCUT2D eigenvalue weighted by atomic mass is 10.0. The number of benzene rings is 1. The van der Waals surface area contributed by atoms with Crippen molar-refractivity contribution < 1.29 is 4.74 Å². The summed E-state index contributed by atoms with van der Waals surface area (Å²) in [6.07, 6.45) is 3.57. The molecule has 4 heterocycles. The van der Waals surface area contributed by atoms with E-state index < -0.39 is 0 Å². The van der Waals surface area contributed by atoms with Crippen LogP contribution in [-0.4, -0.2) is 38.2 Å². The fourth-order valence-electron chi connectivity index (χ4n) is 3.99. The number of aryl methyl sites for hydroxylation is 2. The molecule has 0 saturated carbocycles. The average Bonchev–Trinajstić information content (AvgIpc) is 3.09. The van der Waals surface area contributed by atoms with Crippen LogP contribution in [0.3, 0.4) is 0 Å². The number of fused-ring (bicyclic) bond motifs is 3. The SMILES string of the molecule is CNc1ccc(-c2ccc3ncc4c(c3c2)n(-c2ccc(OC)nc2C)c(=O)n4C)cn1. The lowest BCUT2D eigenvalue weighted by Crippen LogP contribution is -2.21. The number of ether oxygens (including phenoxy) is 1. The Morgan fingerprint density at radius 2 is 1.81 bits per heavy atom. The first kappa shape index (κ1) is 19.7. The fraction of sp³-hybridized carbons (Fsp3) is 0.167. The maximum absolute atomic E-state index is 13.3. The van der Waals surface area contributed by atoms with E-state index in [0.717, 1.165) is 38.9 Å². The van der Waals surface area contributed by atoms with E-state index in [4.69, 9.17) is 4.74 Å². The second-order valence-electron chi connectivity index (χ2n) is 7.54. The Labute approximate surface area is 184 Å². The molecule has 0 aliphatic heterocycles. The summed E-state index contributed by atoms with van der Waals surface area (Å²) in [6, 6.07) is 13.6. The third-order valence-electron chi connectivity index (χ3n) is 5.72. The molecule has 0 saturated heterocycles. The van der Waals surface area contributed by atoms with Gasteiger partial charge in [0.05, 0.1) is 41.2 Å². The number of hydrogen-bond donors (Lipinski definition) is 1. The fourth-order valence-corrected chi connectivity index (χ4v) is 3.99. The Morgan fingerprint density at radius 3 is 2.50 bits per heavy atom. The van der Waals surface area contributed by atoms with E-state index in [0.29, 0.717) is 17.3 Å². The van der Waals surface area contributed by atoms with Gasteiger partial charge in [-0.3, -0.25) is 14.1 Å². The summed E-state index contributed by atoms with van der Waals surface area (Å²) in [4.78, 5) is 26.8. The smallest absolute Gasteiger partial charge is 0.333 e. The zero-order valence-corrected chi connectivity index (χ0v) is 18.2. The molecule has 4 aromatic heterocycles. The van der Waals surface area contributed by atoms with Gasteiger partial charge in [0.25, 0.3) is 0 Å². The van der Waals surface area contributed by atoms with Crippen molar-refractivity contribution in [2.45, 2.75) is 6.92 Å². The van der Waals surface area contributed by atoms with Crippen molar-refractivity contribution in [3.05, 3.63) is 71.0 Å². The van der Waals surface area contributed by atoms with Crippen LogP contribution in [0, 0.1) is 6.92 Å². The lowest BCUT2D eigenvalue weighted by molar-refractivity contribution is 0.397. The molecule has 5 aromatic rings. The molecule has 0 aliphatic rings. The van der Waals surface area contributed by atoms with Gasteiger partial charge in [0.1, 0.15) is 5.82 Å². The first-order valence-corrected chi connectivity index (χ1v) is 10.2. The molecule has 0 aliphatic carbocycles. The molecule has 0 radical (unpaired) electrons. The monoisotopic (exact) mass is 426 g/mol. The van der Waals surface area contributed by atoms with Crippen LogP contribution in [0.1, 0.15) is 5.69 Å². The molecule has 0 unspecified atom stereocenters. The molecule has 0 atom stereocenters. The summed E-state index contributed by atoms with van der Waals surface area (Å²) in [7, 11) is 5.17. The van der Waals surface area contributed by atoms with Gasteiger partial charge in [-0.1, -0.05) is 6.07 Å². The minimum absolute atomic E-state index is 0.158. The molecular formula is C24H22N6O2. The third-order valence-corrected chi connectivity index (χ3v) is 5.72. The summed E-state index contributed by atoms with van der Waals surface area (Å²) in [5.41, 5.74) is 5.57. The molecule has 32 heavy (non-hydrogen) atoms. The van der Waals surface area contributed by atoms with Crippen LogP contribution in [0.4, 0.5) is 5.82 Å². The highest BCUT2D eigenvalue weighted by atomic mass is 16.5. The van der Waals surface area contributed by atoms with Crippen LogP contribution < -0.4 is 15.7 Å². The van der Waals surface area contributed by atoms with Crippen molar-refractivity contribution in [1.29, 1.82) is 0 Å². The Hall–Kier alpha value is -4.20. The normalized spacial score (nSPS) is 11.2. The van der Waals surface area contributed by atoms with Crippen molar-refractivity contribution in [2.24, 2.45) is 7.05 Å². The summed E-state index contributed by atoms with van der Waals surface area (Å²) < 4.78 is 8.55. The van der Waals surface area contributed by atoms with Crippen molar-refractivity contribution >= 4 is 27.8 Å². The summed E-state index contributed by atoms with van der Waals surface area (Å²) in [5, 5.41) is 3.91. The minimum Gasteiger partial charge on any atom is -0.481 e. The molecular weight excluding hydrogens is 404 g/mol. The Morgan fingerprint density at radius 1 is 1.00 bits per heavy atom. The van der Waals surface area contributed by atoms with E-state index in [1.54, 1.807) is 35.6 Å². The number of imidazole rings is 1. The molecule has 160 valence electrons. The molecule has 1 N–H and O–H groups in total. The van der Waals surface area contributed by atoms with Gasteiger partial charge in [-0.15, -0.1) is 0 Å². The Balaban J connectivity index is 1.82. The number of pyridine rings is 3. The standard InChI is InChI=1S/C24H22N6O2/c1-14-19(8-10-22(28-14)32-4)30-23-17-11-15(16-6-9-21(25-2)27-12-16)5-7-18(17)26-13-20(23)29(3)24(30)31/h5-13H,1-4H3,(H,25,27). The number of hydrogen-bond acceptors (Lipinski definition) is 6. The van der Waals surface area contributed by atoms with E-state index >= 15 is 0 Å². The highest BCUT2D eigenvalue weighted by Crippen LogP contribution is 2.30. The van der Waals surface area contributed by atoms with Crippen molar-refractivity contribution in [2.75, 3.05) is 19.5 Å². The Kier molecular flexibility index (Phi) is 4.62. The second kappa shape index (κ2) is 7.49. The number of rotatable bonds is 4. The molecule has 5 rings (SSSR count). The number of nitrogens with one attached hydrogen (secondary N) is 1. The quantitative estimate of drug-likeness (QED) is 0.472. The zero-order valence-electron chi connectivity index (χ0n) is 18.2. The van der Waals surface area contributed by atoms with Gasteiger partial charge in [-0.25, -0.2) is 14.8 Å². The molecule has 8 nitrogen and oxygen atoms in total. The average molecular weight is 426 g/mol. The number of anilines is 1. The molecule has 0 bridgehead atoms. The van der Waals surface area contributed by atoms with Gasteiger partial charge >= 0.3 is 5.69 Å². The molecule has 8 heteroatoms. The lowest BCUT2D eigenvalue weighted by Gasteiger charge is -2.10. The van der Waals surface area contributed by atoms with Gasteiger partial charge < -0.3 is 10.1 Å². The number of methoxy groups -OCH3 is 1. The van der Waals surface area contributed by atoms with Crippen LogP contribution in [-0.2, 0) is 7.05 Å². The zero-order chi connectivity index (χ0) is 22.4.